The van der Waals surface area contributed by atoms with Gasteiger partial charge in [0.25, 0.3) is 0 Å². The largest absolute Gasteiger partial charge is 0.475 e. The molecule has 0 spiro atoms. The number of para-hydroxylation sites is 1. The van der Waals surface area contributed by atoms with Gasteiger partial charge in [0, 0.05) is 24.0 Å². The Kier molecular flexibility index (Phi) is 4.21. The highest BCUT2D eigenvalue weighted by molar-refractivity contribution is 5.95. The average Bonchev–Trinajstić information content (AvgIpc) is 2.77. The molecule has 7 nitrogen and oxygen atoms in total. The monoisotopic (exact) mass is 278 g/mol. The predicted molar refractivity (Wildman–Crippen MR) is 70.4 cm³/mol. The summed E-state index contributed by atoms with van der Waals surface area (Å²) in [5, 5.41) is 12.9. The molecule has 0 atom stereocenters. The van der Waals surface area contributed by atoms with Gasteiger partial charge in [-0.15, -0.1) is 0 Å². The van der Waals surface area contributed by atoms with Crippen molar-refractivity contribution < 1.29 is 23.8 Å². The summed E-state index contributed by atoms with van der Waals surface area (Å²) >= 11 is 0. The Hall–Kier alpha value is -2.54. The number of ether oxygens (including phenoxy) is 1. The van der Waals surface area contributed by atoms with Gasteiger partial charge < -0.3 is 25.3 Å². The molecule has 4 N–H and O–H groups in total. The molecular weight excluding hydrogens is 264 g/mol. The number of nitrogens with two attached hydrogens (primary N) is 1. The summed E-state index contributed by atoms with van der Waals surface area (Å²) in [4.78, 5) is 21.6. The van der Waals surface area contributed by atoms with Gasteiger partial charge in [-0.1, -0.05) is 18.2 Å². The molecule has 1 aromatic carbocycles. The number of carboxylic acids is 1. The van der Waals surface area contributed by atoms with Crippen LogP contribution in [0.4, 0.5) is 4.79 Å². The fourth-order valence-electron chi connectivity index (χ4n) is 1.88. The zero-order valence-electron chi connectivity index (χ0n) is 10.6. The summed E-state index contributed by atoms with van der Waals surface area (Å²) in [6.07, 6.45) is -0.841. The maximum Gasteiger partial charge on any atom is 0.404 e. The number of benzene rings is 1. The molecule has 1 aromatic heterocycles. The maximum absolute atomic E-state index is 11.2. The third-order valence-corrected chi connectivity index (χ3v) is 2.72. The fourth-order valence-corrected chi connectivity index (χ4v) is 1.88. The van der Waals surface area contributed by atoms with E-state index in [4.69, 9.17) is 15.3 Å². The van der Waals surface area contributed by atoms with Gasteiger partial charge in [-0.3, -0.25) is 0 Å². The van der Waals surface area contributed by atoms with Crippen LogP contribution in [0.2, 0.25) is 0 Å². The summed E-state index contributed by atoms with van der Waals surface area (Å²) in [5.74, 6) is -1.21. The second kappa shape index (κ2) is 6.07. The topological polar surface area (TPSA) is 115 Å². The molecule has 0 unspecified atom stereocenters. The second-order valence-electron chi connectivity index (χ2n) is 4.06. The predicted octanol–water partition coefficient (Wildman–Crippen LogP) is 1.32. The van der Waals surface area contributed by atoms with Crippen molar-refractivity contribution in [2.45, 2.75) is 6.54 Å². The minimum Gasteiger partial charge on any atom is -0.475 e. The lowest BCUT2D eigenvalue weighted by atomic mass is 10.1. The third kappa shape index (κ3) is 3.07. The van der Waals surface area contributed by atoms with E-state index in [0.29, 0.717) is 24.2 Å². The Morgan fingerprint density at radius 1 is 1.35 bits per heavy atom. The molecule has 0 radical (unpaired) electrons. The highest BCUT2D eigenvalue weighted by Gasteiger charge is 2.18. The van der Waals surface area contributed by atoms with Gasteiger partial charge in [0.15, 0.2) is 0 Å². The van der Waals surface area contributed by atoms with Crippen LogP contribution in [0.3, 0.4) is 0 Å². The molecule has 7 heteroatoms. The first-order valence-electron chi connectivity index (χ1n) is 5.96. The molecule has 0 aliphatic carbocycles. The van der Waals surface area contributed by atoms with Crippen LogP contribution in [0.1, 0.15) is 16.1 Å². The standard InChI is InChI=1S/C13H14N2O5/c14-13(18)19-6-5-15-7-9-8-3-1-2-4-10(8)20-11(9)12(16)17/h1-4,15H,5-7H2,(H2,14,18)(H,16,17). The summed E-state index contributed by atoms with van der Waals surface area (Å²) in [6, 6.07) is 7.09. The zero-order valence-corrected chi connectivity index (χ0v) is 10.6. The van der Waals surface area contributed by atoms with Gasteiger partial charge in [-0.25, -0.2) is 9.59 Å². The van der Waals surface area contributed by atoms with Gasteiger partial charge in [-0.2, -0.15) is 0 Å². The first-order chi connectivity index (χ1) is 9.59. The van der Waals surface area contributed by atoms with E-state index >= 15 is 0 Å². The summed E-state index contributed by atoms with van der Waals surface area (Å²) in [7, 11) is 0. The summed E-state index contributed by atoms with van der Waals surface area (Å²) < 4.78 is 9.87. The van der Waals surface area contributed by atoms with E-state index in [1.54, 1.807) is 18.2 Å². The molecule has 2 rings (SSSR count). The van der Waals surface area contributed by atoms with E-state index < -0.39 is 12.1 Å². The van der Waals surface area contributed by atoms with E-state index in [-0.39, 0.29) is 12.4 Å². The number of carbonyl (C=O) groups excluding carboxylic acids is 1. The lowest BCUT2D eigenvalue weighted by Crippen LogP contribution is -2.23. The van der Waals surface area contributed by atoms with Gasteiger partial charge in [-0.05, 0) is 6.07 Å². The number of carboxylic acid groups (broad SMARTS) is 1. The van der Waals surface area contributed by atoms with Crippen molar-refractivity contribution in [3.05, 3.63) is 35.6 Å². The number of aromatic carboxylic acids is 1. The van der Waals surface area contributed by atoms with E-state index in [0.717, 1.165) is 5.39 Å². The number of carbonyl (C=O) groups is 2. The van der Waals surface area contributed by atoms with Gasteiger partial charge in [0.05, 0.1) is 0 Å². The Labute approximate surface area is 114 Å². The van der Waals surface area contributed by atoms with Crippen molar-refractivity contribution in [3.63, 3.8) is 0 Å². The number of rotatable bonds is 6. The smallest absolute Gasteiger partial charge is 0.404 e. The molecule has 20 heavy (non-hydrogen) atoms. The average molecular weight is 278 g/mol. The molecule has 0 aliphatic heterocycles. The summed E-state index contributed by atoms with van der Waals surface area (Å²) in [6.45, 7) is 0.774. The van der Waals surface area contributed by atoms with Gasteiger partial charge in [0.1, 0.15) is 12.2 Å². The van der Waals surface area contributed by atoms with Crippen LogP contribution in [0, 0.1) is 0 Å². The second-order valence-corrected chi connectivity index (χ2v) is 4.06. The normalized spacial score (nSPS) is 10.6. The summed E-state index contributed by atoms with van der Waals surface area (Å²) in [5.41, 5.74) is 5.91. The molecular formula is C13H14N2O5. The molecule has 1 amide bonds. The minimum atomic E-state index is -1.12. The number of primary amides is 1. The molecule has 0 fully saturated rings. The van der Waals surface area contributed by atoms with Gasteiger partial charge in [0.2, 0.25) is 5.76 Å². The van der Waals surface area contributed by atoms with Crippen LogP contribution < -0.4 is 11.1 Å². The zero-order chi connectivity index (χ0) is 14.5. The van der Waals surface area contributed by atoms with Crippen LogP contribution in [-0.4, -0.2) is 30.3 Å². The van der Waals surface area contributed by atoms with Crippen LogP contribution in [-0.2, 0) is 11.3 Å². The minimum absolute atomic E-state index is 0.0884. The van der Waals surface area contributed by atoms with E-state index in [1.165, 1.54) is 0 Å². The molecule has 0 bridgehead atoms. The van der Waals surface area contributed by atoms with Crippen molar-refractivity contribution in [2.24, 2.45) is 5.73 Å². The molecule has 106 valence electrons. The number of fused-ring (bicyclic) bond motifs is 1. The third-order valence-electron chi connectivity index (χ3n) is 2.72. The first kappa shape index (κ1) is 13.9. The van der Waals surface area contributed by atoms with Crippen molar-refractivity contribution in [1.82, 2.24) is 5.32 Å². The van der Waals surface area contributed by atoms with Crippen molar-refractivity contribution in [3.8, 4) is 0 Å². The van der Waals surface area contributed by atoms with Crippen LogP contribution in [0.5, 0.6) is 0 Å². The van der Waals surface area contributed by atoms with E-state index in [9.17, 15) is 9.59 Å². The lowest BCUT2D eigenvalue weighted by Gasteiger charge is -2.04. The van der Waals surface area contributed by atoms with E-state index in [2.05, 4.69) is 10.1 Å². The quantitative estimate of drug-likeness (QED) is 0.686. The Morgan fingerprint density at radius 3 is 2.80 bits per heavy atom. The van der Waals surface area contributed by atoms with Crippen molar-refractivity contribution in [2.75, 3.05) is 13.2 Å². The Balaban J connectivity index is 2.09. The highest BCUT2D eigenvalue weighted by Crippen LogP contribution is 2.25. The molecule has 0 saturated heterocycles. The maximum atomic E-state index is 11.2. The molecule has 1 heterocycles. The number of furan rings is 1. The van der Waals surface area contributed by atoms with E-state index in [1.807, 2.05) is 6.07 Å². The Bertz CT molecular complexity index is 635. The van der Waals surface area contributed by atoms with Crippen molar-refractivity contribution >= 4 is 23.0 Å². The number of nitrogens with one attached hydrogen (secondary N) is 1. The van der Waals surface area contributed by atoms with Crippen LogP contribution in [0.25, 0.3) is 11.0 Å². The number of amides is 1. The highest BCUT2D eigenvalue weighted by atomic mass is 16.5. The Morgan fingerprint density at radius 2 is 2.10 bits per heavy atom. The molecule has 0 saturated carbocycles. The SMILES string of the molecule is NC(=O)OCCNCc1c(C(=O)O)oc2ccccc12. The van der Waals surface area contributed by atoms with Crippen LogP contribution >= 0.6 is 0 Å². The number of hydrogen-bond acceptors (Lipinski definition) is 5. The first-order valence-corrected chi connectivity index (χ1v) is 5.96. The van der Waals surface area contributed by atoms with Crippen LogP contribution in [0.15, 0.2) is 28.7 Å². The fraction of sp³-hybridized carbons (Fsp3) is 0.231. The lowest BCUT2D eigenvalue weighted by molar-refractivity contribution is 0.0663. The number of hydrogen-bond donors (Lipinski definition) is 3. The molecule has 2 aromatic rings. The van der Waals surface area contributed by atoms with Gasteiger partial charge >= 0.3 is 12.1 Å². The van der Waals surface area contributed by atoms with Crippen molar-refractivity contribution in [1.29, 1.82) is 0 Å². The molecule has 0 aliphatic rings.